The first-order valence-corrected chi connectivity index (χ1v) is 28.9. The maximum Gasteiger partial charge on any atom is 0.362 e. The second-order valence-corrected chi connectivity index (χ2v) is 20.9. The third-order valence-corrected chi connectivity index (χ3v) is 13.4. The SMILES string of the molecule is CCCCCC/C=C/C=C/CCCCCCCCCCCCC(=O)OCC(COCCC(C(=O)O)[N+](C)(C)C)OC(=O)CCCCCCCCCCCCCCCCCCCCCCCCC. The Bertz CT molecular complexity index is 1150. The Morgan fingerprint density at radius 2 is 0.776 bits per heavy atom. The van der Waals surface area contributed by atoms with Gasteiger partial charge in [0.15, 0.2) is 12.1 Å². The largest absolute Gasteiger partial charge is 0.477 e. The summed E-state index contributed by atoms with van der Waals surface area (Å²) in [7, 11) is 5.55. The van der Waals surface area contributed by atoms with Crippen molar-refractivity contribution in [3.8, 4) is 0 Å². The highest BCUT2D eigenvalue weighted by molar-refractivity contribution is 5.72. The smallest absolute Gasteiger partial charge is 0.362 e. The summed E-state index contributed by atoms with van der Waals surface area (Å²) in [6, 6.07) is -0.613. The van der Waals surface area contributed by atoms with E-state index in [2.05, 4.69) is 38.2 Å². The quantitative estimate of drug-likeness (QED) is 0.0281. The molecule has 394 valence electrons. The van der Waals surface area contributed by atoms with Crippen molar-refractivity contribution >= 4 is 17.9 Å². The van der Waals surface area contributed by atoms with Crippen LogP contribution in [0.3, 0.4) is 0 Å². The molecule has 0 heterocycles. The molecule has 0 aliphatic heterocycles. The number of allylic oxidation sites excluding steroid dienone is 4. The molecule has 2 atom stereocenters. The zero-order chi connectivity index (χ0) is 49.2. The van der Waals surface area contributed by atoms with E-state index in [4.69, 9.17) is 14.2 Å². The van der Waals surface area contributed by atoms with Gasteiger partial charge < -0.3 is 23.8 Å². The van der Waals surface area contributed by atoms with Gasteiger partial charge in [-0.1, -0.05) is 250 Å². The monoisotopic (exact) mass is 947 g/mol. The molecule has 0 aliphatic rings. The van der Waals surface area contributed by atoms with Gasteiger partial charge in [-0.3, -0.25) is 9.59 Å². The number of carboxylic acid groups (broad SMARTS) is 1. The Labute approximate surface area is 415 Å². The maximum absolute atomic E-state index is 12.8. The molecule has 0 radical (unpaired) electrons. The topological polar surface area (TPSA) is 99.1 Å². The molecule has 67 heavy (non-hydrogen) atoms. The fourth-order valence-corrected chi connectivity index (χ4v) is 8.91. The van der Waals surface area contributed by atoms with Crippen LogP contribution < -0.4 is 0 Å². The lowest BCUT2D eigenvalue weighted by atomic mass is 10.0. The van der Waals surface area contributed by atoms with E-state index in [1.54, 1.807) is 0 Å². The summed E-state index contributed by atoms with van der Waals surface area (Å²) in [5.41, 5.74) is 0. The summed E-state index contributed by atoms with van der Waals surface area (Å²) in [6.45, 7) is 4.77. The van der Waals surface area contributed by atoms with E-state index in [0.29, 0.717) is 19.3 Å². The Morgan fingerprint density at radius 3 is 1.13 bits per heavy atom. The van der Waals surface area contributed by atoms with Crippen LogP contribution in [0, 0.1) is 0 Å². The first kappa shape index (κ1) is 64.8. The second-order valence-electron chi connectivity index (χ2n) is 20.9. The Kier molecular flexibility index (Phi) is 48.6. The van der Waals surface area contributed by atoms with Gasteiger partial charge in [-0.15, -0.1) is 0 Å². The highest BCUT2D eigenvalue weighted by Crippen LogP contribution is 2.17. The van der Waals surface area contributed by atoms with Crippen LogP contribution in [0.4, 0.5) is 0 Å². The minimum atomic E-state index is -0.871. The molecule has 0 aromatic heterocycles. The lowest BCUT2D eigenvalue weighted by Gasteiger charge is -2.31. The zero-order valence-corrected chi connectivity index (χ0v) is 45.1. The first-order chi connectivity index (χ1) is 32.6. The van der Waals surface area contributed by atoms with Crippen LogP contribution in [0.2, 0.25) is 0 Å². The molecule has 0 saturated carbocycles. The van der Waals surface area contributed by atoms with Gasteiger partial charge >= 0.3 is 17.9 Å². The van der Waals surface area contributed by atoms with Gasteiger partial charge in [0.05, 0.1) is 34.4 Å². The van der Waals surface area contributed by atoms with Gasteiger partial charge in [-0.05, 0) is 38.5 Å². The highest BCUT2D eigenvalue weighted by Gasteiger charge is 2.31. The summed E-state index contributed by atoms with van der Waals surface area (Å²) in [4.78, 5) is 37.3. The molecule has 0 amide bonds. The molecule has 0 fully saturated rings. The maximum atomic E-state index is 12.8. The van der Waals surface area contributed by atoms with Crippen molar-refractivity contribution in [3.05, 3.63) is 24.3 Å². The highest BCUT2D eigenvalue weighted by atomic mass is 16.6. The molecule has 0 aliphatic carbocycles. The van der Waals surface area contributed by atoms with E-state index in [1.807, 2.05) is 21.1 Å². The van der Waals surface area contributed by atoms with Gasteiger partial charge in [-0.25, -0.2) is 4.79 Å². The third kappa shape index (κ3) is 48.6. The number of carbonyl (C=O) groups excluding carboxylic acids is 2. The molecule has 0 aromatic carbocycles. The minimum absolute atomic E-state index is 0.0474. The van der Waals surface area contributed by atoms with E-state index in [-0.39, 0.29) is 36.2 Å². The van der Waals surface area contributed by atoms with Gasteiger partial charge in [0.1, 0.15) is 6.61 Å². The number of likely N-dealkylation sites (N-methyl/N-ethyl adjacent to an activating group) is 1. The van der Waals surface area contributed by atoms with Gasteiger partial charge in [0.25, 0.3) is 0 Å². The number of rotatable bonds is 53. The van der Waals surface area contributed by atoms with Crippen molar-refractivity contribution < 1.29 is 38.2 Å². The summed E-state index contributed by atoms with van der Waals surface area (Å²) < 4.78 is 17.4. The number of aliphatic carboxylic acids is 1. The van der Waals surface area contributed by atoms with E-state index >= 15 is 0 Å². The van der Waals surface area contributed by atoms with Crippen molar-refractivity contribution in [2.45, 2.75) is 296 Å². The molecule has 0 rings (SSSR count). The second kappa shape index (κ2) is 50.2. The van der Waals surface area contributed by atoms with Crippen LogP contribution in [-0.2, 0) is 28.6 Å². The van der Waals surface area contributed by atoms with E-state index in [0.717, 1.165) is 38.5 Å². The number of unbranched alkanes of at least 4 members (excludes halogenated alkanes) is 36. The predicted octanol–water partition coefficient (Wildman–Crippen LogP) is 17.2. The molecule has 0 saturated heterocycles. The number of carbonyl (C=O) groups is 3. The number of nitrogens with zero attached hydrogens (tertiary/aromatic N) is 1. The number of hydrogen-bond donors (Lipinski definition) is 1. The lowest BCUT2D eigenvalue weighted by molar-refractivity contribution is -0.887. The van der Waals surface area contributed by atoms with Gasteiger partial charge in [0, 0.05) is 19.3 Å². The van der Waals surface area contributed by atoms with Crippen LogP contribution in [0.15, 0.2) is 24.3 Å². The lowest BCUT2D eigenvalue weighted by Crippen LogP contribution is -2.50. The number of carboxylic acids is 1. The average Bonchev–Trinajstić information content (AvgIpc) is 3.29. The molecule has 2 unspecified atom stereocenters. The van der Waals surface area contributed by atoms with Crippen LogP contribution in [0.5, 0.6) is 0 Å². The van der Waals surface area contributed by atoms with Crippen molar-refractivity contribution in [1.29, 1.82) is 0 Å². The predicted molar refractivity (Wildman–Crippen MR) is 285 cm³/mol. The van der Waals surface area contributed by atoms with Crippen LogP contribution in [0.1, 0.15) is 284 Å². The van der Waals surface area contributed by atoms with Crippen molar-refractivity contribution in [2.75, 3.05) is 41.0 Å². The normalized spacial score (nSPS) is 12.9. The number of esters is 2. The molecule has 0 aromatic rings. The summed E-state index contributed by atoms with van der Waals surface area (Å²) in [5, 5.41) is 9.68. The van der Waals surface area contributed by atoms with Crippen LogP contribution in [-0.4, -0.2) is 80.6 Å². The summed E-state index contributed by atoms with van der Waals surface area (Å²) >= 11 is 0. The average molecular weight is 948 g/mol. The van der Waals surface area contributed by atoms with Crippen LogP contribution >= 0.6 is 0 Å². The van der Waals surface area contributed by atoms with Crippen molar-refractivity contribution in [2.24, 2.45) is 0 Å². The van der Waals surface area contributed by atoms with Gasteiger partial charge in [-0.2, -0.15) is 0 Å². The van der Waals surface area contributed by atoms with Gasteiger partial charge in [0.2, 0.25) is 0 Å². The molecular formula is C59H112NO7+. The zero-order valence-electron chi connectivity index (χ0n) is 45.1. The standard InChI is InChI=1S/C59H111NO7/c1-6-8-10-12-14-16-18-20-22-24-26-28-29-30-32-34-36-38-40-42-44-46-48-50-58(62)67-55(53-65-52-51-56(59(63)64)60(3,4)5)54-66-57(61)49-47-45-43-41-39-37-35-33-31-27-25-23-21-19-17-15-13-11-9-7-2/h17,19,21,23,55-56H,6-16,18,20,22,24-54H2,1-5H3/p+1/b19-17+,23-21+. The summed E-state index contributed by atoms with van der Waals surface area (Å²) in [5.74, 6) is -1.45. The van der Waals surface area contributed by atoms with Crippen LogP contribution in [0.25, 0.3) is 0 Å². The molecule has 0 spiro atoms. The van der Waals surface area contributed by atoms with E-state index in [9.17, 15) is 19.5 Å². The van der Waals surface area contributed by atoms with E-state index in [1.165, 1.54) is 212 Å². The third-order valence-electron chi connectivity index (χ3n) is 13.4. The number of ether oxygens (including phenoxy) is 3. The Hall–Kier alpha value is -2.19. The summed E-state index contributed by atoms with van der Waals surface area (Å²) in [6.07, 6.45) is 59.5. The Morgan fingerprint density at radius 1 is 0.448 bits per heavy atom. The molecule has 0 bridgehead atoms. The first-order valence-electron chi connectivity index (χ1n) is 28.9. The molecule has 8 nitrogen and oxygen atoms in total. The van der Waals surface area contributed by atoms with Crippen molar-refractivity contribution in [1.82, 2.24) is 0 Å². The molecule has 8 heteroatoms. The fourth-order valence-electron chi connectivity index (χ4n) is 8.91. The van der Waals surface area contributed by atoms with Crippen molar-refractivity contribution in [3.63, 3.8) is 0 Å². The Balaban J connectivity index is 4.13. The minimum Gasteiger partial charge on any atom is -0.477 e. The van der Waals surface area contributed by atoms with E-state index < -0.39 is 18.1 Å². The fraction of sp³-hybridized carbons (Fsp3) is 0.881. The molecular weight excluding hydrogens is 835 g/mol. The number of hydrogen-bond acceptors (Lipinski definition) is 6. The number of quaternary nitrogens is 1. The molecule has 1 N–H and O–H groups in total.